The Kier molecular flexibility index (Phi) is 59.7. The molecule has 3 aliphatic heterocycles. The Balaban J connectivity index is 1.09. The minimum atomic E-state index is -1.47. The van der Waals surface area contributed by atoms with Crippen LogP contribution in [0.1, 0.15) is 142 Å². The van der Waals surface area contributed by atoms with Gasteiger partial charge in [0.2, 0.25) is 47.3 Å². The zero-order valence-electron chi connectivity index (χ0n) is 75.4. The quantitative estimate of drug-likeness (QED) is 0.0218. The molecule has 130 heavy (non-hydrogen) atoms. The molecular formula is C85H147N9O36. The van der Waals surface area contributed by atoms with Gasteiger partial charge in [-0.2, -0.15) is 0 Å². The third-order valence-corrected chi connectivity index (χ3v) is 21.0. The van der Waals surface area contributed by atoms with E-state index in [1.807, 2.05) is 30.3 Å². The van der Waals surface area contributed by atoms with Crippen LogP contribution in [0.25, 0.3) is 0 Å². The molecule has 748 valence electrons. The van der Waals surface area contributed by atoms with Crippen molar-refractivity contribution in [3.63, 3.8) is 0 Å². The predicted octanol–water partition coefficient (Wildman–Crippen LogP) is -3.97. The van der Waals surface area contributed by atoms with Gasteiger partial charge in [-0.3, -0.25) is 38.4 Å². The average molecular weight is 1870 g/mol. The van der Waals surface area contributed by atoms with Crippen molar-refractivity contribution in [2.75, 3.05) is 205 Å². The number of carbonyl (C=O) groups excluding carboxylic acids is 9. The first kappa shape index (κ1) is 114. The van der Waals surface area contributed by atoms with Crippen LogP contribution in [0.15, 0.2) is 30.3 Å². The average Bonchev–Trinajstić information content (AvgIpc) is 0.820. The fourth-order valence-corrected chi connectivity index (χ4v) is 14.1. The lowest BCUT2D eigenvalue weighted by Gasteiger charge is -2.42. The summed E-state index contributed by atoms with van der Waals surface area (Å²) < 4.78 is 103. The normalized spacial score (nSPS) is 23.6. The molecule has 4 aliphatic rings. The van der Waals surface area contributed by atoms with Crippen molar-refractivity contribution in [3.8, 4) is 0 Å². The van der Waals surface area contributed by atoms with E-state index < -0.39 is 147 Å². The second kappa shape index (κ2) is 68.2. The van der Waals surface area contributed by atoms with Crippen molar-refractivity contribution in [1.82, 2.24) is 47.9 Å². The smallest absolute Gasteiger partial charge is 0.407 e. The van der Waals surface area contributed by atoms with Crippen LogP contribution >= 0.6 is 0 Å². The van der Waals surface area contributed by atoms with Crippen molar-refractivity contribution in [1.29, 1.82) is 0 Å². The molecule has 18 N–H and O–H groups in total. The Morgan fingerprint density at radius 3 is 1.03 bits per heavy atom. The first-order chi connectivity index (χ1) is 62.8. The van der Waals surface area contributed by atoms with E-state index in [0.717, 1.165) is 63.4 Å². The highest BCUT2D eigenvalue weighted by molar-refractivity contribution is 5.78. The van der Waals surface area contributed by atoms with Gasteiger partial charge < -0.3 is 179 Å². The molecule has 0 aromatic heterocycles. The highest BCUT2D eigenvalue weighted by Gasteiger charge is 2.48. The number of ether oxygens (including phenoxy) is 18. The van der Waals surface area contributed by atoms with E-state index in [4.69, 9.17) is 85.3 Å². The van der Waals surface area contributed by atoms with Gasteiger partial charge in [0.25, 0.3) is 0 Å². The van der Waals surface area contributed by atoms with Crippen molar-refractivity contribution < 1.29 is 174 Å². The van der Waals surface area contributed by atoms with Crippen LogP contribution < -0.4 is 47.9 Å². The van der Waals surface area contributed by atoms with Gasteiger partial charge in [0, 0.05) is 98.4 Å². The Morgan fingerprint density at radius 1 is 0.362 bits per heavy atom. The summed E-state index contributed by atoms with van der Waals surface area (Å²) in [4.78, 5) is 114. The van der Waals surface area contributed by atoms with Crippen LogP contribution in [0.2, 0.25) is 0 Å². The van der Waals surface area contributed by atoms with Gasteiger partial charge in [-0.05, 0) is 31.2 Å². The van der Waals surface area contributed by atoms with E-state index in [9.17, 15) is 89.1 Å². The Labute approximate surface area is 759 Å². The molecule has 0 radical (unpaired) electrons. The van der Waals surface area contributed by atoms with Crippen molar-refractivity contribution in [2.24, 2.45) is 0 Å². The first-order valence-electron chi connectivity index (χ1n) is 45.2. The van der Waals surface area contributed by atoms with E-state index in [1.165, 1.54) is 20.8 Å². The van der Waals surface area contributed by atoms with Crippen LogP contribution in [0, 0.1) is 0 Å². The monoisotopic (exact) mass is 1870 g/mol. The van der Waals surface area contributed by atoms with Crippen molar-refractivity contribution in [2.45, 2.75) is 246 Å². The van der Waals surface area contributed by atoms with Crippen LogP contribution in [0.3, 0.4) is 0 Å². The molecule has 5 rings (SSSR count). The van der Waals surface area contributed by atoms with E-state index >= 15 is 0 Å². The molecule has 15 unspecified atom stereocenters. The topological polar surface area (TPSA) is 610 Å². The second-order valence-electron chi connectivity index (χ2n) is 31.7. The standard InChI is InChI=1S/C85H147N9O36/c1-59(98)91-71-77(109)74(106)63(52-95)128-80(71)122-49-46-116-43-40-113-35-27-86-67(102)22-32-119-56-84(57-120-33-23-68(103)87-28-36-114-41-44-117-47-50-123-81-72(92-60(2)99)78(110)75(107)64(53-96)129-81,58-121-34-24-69(104)88-29-37-115-42-45-118-48-51-124-82-73(93-61(3)100)79(111)76(108)65(54-97)130-82)94-70(105)21-15-9-7-5-4-6-8-14-20-66(101)89-30-38-126-85(25-16-11-17-26-85)127-39-31-90-83(112)125-55-62-18-12-10-13-19-62/h10,12-13,18-19,63-65,71-82,95-97,106-111H,4-9,11,14-17,20-58H2,1-3H3,(H,86,102)(H,87,103)(H,88,104)(H,89,101)(H,90,112)(H,91,98)(H,92,99)(H,93,100)(H,94,105). The minimum absolute atomic E-state index is 0.0397. The number of benzene rings is 1. The van der Waals surface area contributed by atoms with Gasteiger partial charge in [0.15, 0.2) is 24.7 Å². The molecule has 0 spiro atoms. The van der Waals surface area contributed by atoms with Gasteiger partial charge in [0.1, 0.15) is 85.2 Å². The Hall–Kier alpha value is -6.79. The van der Waals surface area contributed by atoms with Gasteiger partial charge >= 0.3 is 6.09 Å². The number of unbranched alkanes of at least 4 members (excludes halogenated alkanes) is 7. The summed E-state index contributed by atoms with van der Waals surface area (Å²) in [5, 5.41) is 116. The molecule has 45 nitrogen and oxygen atoms in total. The summed E-state index contributed by atoms with van der Waals surface area (Å²) in [6.45, 7) is 3.60. The van der Waals surface area contributed by atoms with Gasteiger partial charge in [-0.15, -0.1) is 0 Å². The number of alkyl carbamates (subject to hydrolysis) is 1. The number of aliphatic hydroxyl groups excluding tert-OH is 9. The van der Waals surface area contributed by atoms with Crippen LogP contribution in [0.4, 0.5) is 4.79 Å². The van der Waals surface area contributed by atoms with Crippen molar-refractivity contribution >= 4 is 53.4 Å². The third kappa shape index (κ3) is 47.9. The van der Waals surface area contributed by atoms with Gasteiger partial charge in [-0.1, -0.05) is 75.3 Å². The summed E-state index contributed by atoms with van der Waals surface area (Å²) in [6.07, 6.45) is -5.41. The number of carbonyl (C=O) groups is 9. The third-order valence-electron chi connectivity index (χ3n) is 21.0. The minimum Gasteiger partial charge on any atom is -0.445 e. The molecule has 15 atom stereocenters. The number of amides is 9. The zero-order chi connectivity index (χ0) is 94.4. The molecule has 9 amide bonds. The summed E-state index contributed by atoms with van der Waals surface area (Å²) in [7, 11) is 0. The second-order valence-corrected chi connectivity index (χ2v) is 31.7. The number of hydrogen-bond donors (Lipinski definition) is 18. The highest BCUT2D eigenvalue weighted by Crippen LogP contribution is 2.33. The lowest BCUT2D eigenvalue weighted by atomic mass is 9.94. The summed E-state index contributed by atoms with van der Waals surface area (Å²) >= 11 is 0. The molecule has 3 heterocycles. The fraction of sp³-hybridized carbons (Fsp3) is 0.824. The van der Waals surface area contributed by atoms with E-state index in [2.05, 4.69) is 47.9 Å². The summed E-state index contributed by atoms with van der Waals surface area (Å²) in [6, 6.07) is 6.06. The lowest BCUT2D eigenvalue weighted by Crippen LogP contribution is -2.64. The van der Waals surface area contributed by atoms with Crippen LogP contribution in [0.5, 0.6) is 0 Å². The molecule has 4 fully saturated rings. The molecule has 1 saturated carbocycles. The molecular weight excluding hydrogens is 1720 g/mol. The molecule has 45 heteroatoms. The Bertz CT molecular complexity index is 3040. The summed E-state index contributed by atoms with van der Waals surface area (Å²) in [5.74, 6) is -3.87. The van der Waals surface area contributed by atoms with Gasteiger partial charge in [0.05, 0.1) is 172 Å². The fourth-order valence-electron chi connectivity index (χ4n) is 14.1. The number of aliphatic hydroxyl groups is 9. The van der Waals surface area contributed by atoms with E-state index in [0.29, 0.717) is 38.6 Å². The molecule has 3 saturated heterocycles. The predicted molar refractivity (Wildman–Crippen MR) is 457 cm³/mol. The van der Waals surface area contributed by atoms with E-state index in [1.54, 1.807) is 0 Å². The Morgan fingerprint density at radius 2 is 0.677 bits per heavy atom. The molecule has 1 aliphatic carbocycles. The van der Waals surface area contributed by atoms with Crippen LogP contribution in [-0.2, 0) is 130 Å². The highest BCUT2D eigenvalue weighted by atomic mass is 16.7. The first-order valence-corrected chi connectivity index (χ1v) is 45.2. The summed E-state index contributed by atoms with van der Waals surface area (Å²) in [5.41, 5.74) is -0.547. The molecule has 1 aromatic carbocycles. The maximum atomic E-state index is 14.1. The largest absolute Gasteiger partial charge is 0.445 e. The molecule has 1 aromatic rings. The zero-order valence-corrected chi connectivity index (χ0v) is 75.4. The van der Waals surface area contributed by atoms with Crippen molar-refractivity contribution in [3.05, 3.63) is 35.9 Å². The van der Waals surface area contributed by atoms with Crippen LogP contribution in [-0.4, -0.2) is 407 Å². The molecule has 0 bridgehead atoms. The lowest BCUT2D eigenvalue weighted by molar-refractivity contribution is -0.272. The van der Waals surface area contributed by atoms with Gasteiger partial charge in [-0.25, -0.2) is 4.79 Å². The maximum Gasteiger partial charge on any atom is 0.407 e. The SMILES string of the molecule is CC(=O)NC1C(OCCOCCOCCNC(=O)CCOCC(COCCC(=O)NCCOCCOCCOC2OC(CO)C(O)C(O)C2NC(C)=O)(COCCC(=O)NCCOCCOCCOC2OC(CO)C(O)C(O)C2NC(C)=O)NC(=O)CCCCCCCCCCC(=O)NCCOC2(OCCNC(=O)OCc3ccccc3)CCCCC2)OC(CO)C(O)C1O. The number of hydrogen-bond acceptors (Lipinski definition) is 36. The maximum absolute atomic E-state index is 14.1. The van der Waals surface area contributed by atoms with E-state index in [-0.39, 0.29) is 240 Å². The number of nitrogens with one attached hydrogen (secondary N) is 9. The number of rotatable bonds is 73.